The summed E-state index contributed by atoms with van der Waals surface area (Å²) in [5.74, 6) is -0.513. The summed E-state index contributed by atoms with van der Waals surface area (Å²) in [6.45, 7) is 3.93. The standard InChI is InChI=1S/C22H17NO2S2/c1-14-8-6-11-17(15(14)2)23-21(24)19(18-12-7-13-26-18)20(22(23)25)27-16-9-4-3-5-10-16/h3-13H,1-2H3. The fraction of sp³-hybridized carbons (Fsp3) is 0.0909. The quantitative estimate of drug-likeness (QED) is 0.556. The summed E-state index contributed by atoms with van der Waals surface area (Å²) in [4.78, 5) is 30.2. The molecular formula is C22H17NO2S2. The van der Waals surface area contributed by atoms with E-state index in [0.29, 0.717) is 16.2 Å². The number of benzene rings is 2. The monoisotopic (exact) mass is 391 g/mol. The zero-order chi connectivity index (χ0) is 19.0. The van der Waals surface area contributed by atoms with Gasteiger partial charge in [-0.05, 0) is 54.6 Å². The summed E-state index contributed by atoms with van der Waals surface area (Å²) in [6.07, 6.45) is 0. The van der Waals surface area contributed by atoms with Crippen LogP contribution in [0.4, 0.5) is 5.69 Å². The molecule has 134 valence electrons. The smallest absolute Gasteiger partial charge is 0.268 e. The molecule has 1 aliphatic rings. The predicted octanol–water partition coefficient (Wildman–Crippen LogP) is 5.44. The van der Waals surface area contributed by atoms with E-state index >= 15 is 0 Å². The van der Waals surface area contributed by atoms with Crippen molar-refractivity contribution in [1.29, 1.82) is 0 Å². The lowest BCUT2D eigenvalue weighted by Gasteiger charge is -2.18. The van der Waals surface area contributed by atoms with Crippen LogP contribution in [0.5, 0.6) is 0 Å². The molecule has 2 aromatic carbocycles. The Labute approximate surface area is 166 Å². The number of nitrogens with zero attached hydrogens (tertiary/aromatic N) is 1. The number of thiophene rings is 1. The molecule has 0 saturated carbocycles. The van der Waals surface area contributed by atoms with Gasteiger partial charge in [0.25, 0.3) is 11.8 Å². The summed E-state index contributed by atoms with van der Waals surface area (Å²) in [6, 6.07) is 19.2. The minimum atomic E-state index is -0.258. The Morgan fingerprint density at radius 1 is 0.852 bits per heavy atom. The molecular weight excluding hydrogens is 374 g/mol. The van der Waals surface area contributed by atoms with E-state index in [-0.39, 0.29) is 11.8 Å². The lowest BCUT2D eigenvalue weighted by Crippen LogP contribution is -2.32. The van der Waals surface area contributed by atoms with Crippen LogP contribution in [0, 0.1) is 13.8 Å². The number of carbonyl (C=O) groups excluding carboxylic acids is 2. The molecule has 3 aromatic rings. The van der Waals surface area contributed by atoms with Crippen molar-refractivity contribution in [3.05, 3.63) is 87.0 Å². The van der Waals surface area contributed by atoms with E-state index in [4.69, 9.17) is 0 Å². The van der Waals surface area contributed by atoms with Crippen LogP contribution in [-0.4, -0.2) is 11.8 Å². The van der Waals surface area contributed by atoms with Gasteiger partial charge in [-0.15, -0.1) is 11.3 Å². The number of thioether (sulfide) groups is 1. The SMILES string of the molecule is Cc1cccc(N2C(=O)C(Sc3ccccc3)=C(c3cccs3)C2=O)c1C. The van der Waals surface area contributed by atoms with Gasteiger partial charge < -0.3 is 0 Å². The summed E-state index contributed by atoms with van der Waals surface area (Å²) < 4.78 is 0. The molecule has 0 fully saturated rings. The first-order valence-corrected chi connectivity index (χ1v) is 10.2. The first-order valence-electron chi connectivity index (χ1n) is 8.54. The van der Waals surface area contributed by atoms with Crippen molar-refractivity contribution in [2.75, 3.05) is 4.90 Å². The molecule has 27 heavy (non-hydrogen) atoms. The van der Waals surface area contributed by atoms with E-state index in [1.165, 1.54) is 28.0 Å². The third-order valence-corrected chi connectivity index (χ3v) is 6.57. The van der Waals surface area contributed by atoms with Crippen molar-refractivity contribution in [2.24, 2.45) is 0 Å². The maximum Gasteiger partial charge on any atom is 0.272 e. The summed E-state index contributed by atoms with van der Waals surface area (Å²) in [7, 11) is 0. The Morgan fingerprint density at radius 2 is 1.63 bits per heavy atom. The van der Waals surface area contributed by atoms with Gasteiger partial charge in [-0.25, -0.2) is 4.90 Å². The number of anilines is 1. The predicted molar refractivity (Wildman–Crippen MR) is 112 cm³/mol. The molecule has 0 N–H and O–H groups in total. The normalized spacial score (nSPS) is 14.4. The van der Waals surface area contributed by atoms with Crippen LogP contribution in [0.2, 0.25) is 0 Å². The number of rotatable bonds is 4. The Hall–Kier alpha value is -2.63. The zero-order valence-electron chi connectivity index (χ0n) is 14.9. The molecule has 0 spiro atoms. The van der Waals surface area contributed by atoms with Gasteiger partial charge in [0.05, 0.1) is 16.2 Å². The maximum atomic E-state index is 13.3. The molecule has 2 heterocycles. The van der Waals surface area contributed by atoms with Crippen LogP contribution in [0.25, 0.3) is 5.57 Å². The van der Waals surface area contributed by atoms with Crippen molar-refractivity contribution >= 4 is 46.2 Å². The second-order valence-electron chi connectivity index (χ2n) is 6.26. The summed E-state index contributed by atoms with van der Waals surface area (Å²) >= 11 is 2.83. The number of imide groups is 1. The average molecular weight is 392 g/mol. The molecule has 3 nitrogen and oxygen atoms in total. The van der Waals surface area contributed by atoms with E-state index in [9.17, 15) is 9.59 Å². The third kappa shape index (κ3) is 3.13. The van der Waals surface area contributed by atoms with Gasteiger partial charge in [-0.2, -0.15) is 0 Å². The van der Waals surface area contributed by atoms with E-state index in [0.717, 1.165) is 20.9 Å². The fourth-order valence-electron chi connectivity index (χ4n) is 3.05. The molecule has 1 aliphatic heterocycles. The molecule has 0 aliphatic carbocycles. The van der Waals surface area contributed by atoms with Crippen molar-refractivity contribution in [3.8, 4) is 0 Å². The van der Waals surface area contributed by atoms with Crippen molar-refractivity contribution in [1.82, 2.24) is 0 Å². The molecule has 2 amide bonds. The molecule has 0 unspecified atom stereocenters. The average Bonchev–Trinajstić information content (AvgIpc) is 3.26. The summed E-state index contributed by atoms with van der Waals surface area (Å²) in [5.41, 5.74) is 3.14. The highest BCUT2D eigenvalue weighted by molar-refractivity contribution is 8.04. The first kappa shape index (κ1) is 17.8. The van der Waals surface area contributed by atoms with E-state index in [1.54, 1.807) is 0 Å². The molecule has 1 aromatic heterocycles. The van der Waals surface area contributed by atoms with Crippen LogP contribution in [-0.2, 0) is 9.59 Å². The number of hydrogen-bond acceptors (Lipinski definition) is 4. The zero-order valence-corrected chi connectivity index (χ0v) is 16.6. The van der Waals surface area contributed by atoms with Crippen LogP contribution >= 0.6 is 23.1 Å². The number of carbonyl (C=O) groups is 2. The van der Waals surface area contributed by atoms with Crippen molar-refractivity contribution in [3.63, 3.8) is 0 Å². The van der Waals surface area contributed by atoms with Gasteiger partial charge in [-0.3, -0.25) is 9.59 Å². The topological polar surface area (TPSA) is 37.4 Å². The molecule has 0 atom stereocenters. The van der Waals surface area contributed by atoms with Gasteiger partial charge in [0.15, 0.2) is 0 Å². The van der Waals surface area contributed by atoms with Gasteiger partial charge >= 0.3 is 0 Å². The van der Waals surface area contributed by atoms with Gasteiger partial charge in [0.1, 0.15) is 0 Å². The highest BCUT2D eigenvalue weighted by Gasteiger charge is 2.41. The molecule has 0 radical (unpaired) electrons. The highest BCUT2D eigenvalue weighted by Crippen LogP contribution is 2.43. The third-order valence-electron chi connectivity index (χ3n) is 4.59. The minimum absolute atomic E-state index is 0.255. The van der Waals surface area contributed by atoms with Crippen LogP contribution in [0.3, 0.4) is 0 Å². The molecule has 0 bridgehead atoms. The Balaban J connectivity index is 1.83. The van der Waals surface area contributed by atoms with Gasteiger partial charge in [0.2, 0.25) is 0 Å². The minimum Gasteiger partial charge on any atom is -0.268 e. The Bertz CT molecular complexity index is 1050. The van der Waals surface area contributed by atoms with E-state index in [2.05, 4.69) is 0 Å². The highest BCUT2D eigenvalue weighted by atomic mass is 32.2. The summed E-state index contributed by atoms with van der Waals surface area (Å²) in [5, 5.41) is 1.92. The fourth-order valence-corrected chi connectivity index (χ4v) is 4.89. The van der Waals surface area contributed by atoms with E-state index < -0.39 is 0 Å². The Kier molecular flexibility index (Phi) is 4.72. The first-order chi connectivity index (χ1) is 13.1. The van der Waals surface area contributed by atoms with Crippen LogP contribution < -0.4 is 4.90 Å². The van der Waals surface area contributed by atoms with E-state index in [1.807, 2.05) is 79.9 Å². The lowest BCUT2D eigenvalue weighted by atomic mass is 10.1. The van der Waals surface area contributed by atoms with Crippen molar-refractivity contribution in [2.45, 2.75) is 18.7 Å². The molecule has 0 saturated heterocycles. The second-order valence-corrected chi connectivity index (χ2v) is 8.29. The van der Waals surface area contributed by atoms with Crippen molar-refractivity contribution < 1.29 is 9.59 Å². The lowest BCUT2D eigenvalue weighted by molar-refractivity contribution is -0.119. The van der Waals surface area contributed by atoms with Crippen LogP contribution in [0.1, 0.15) is 16.0 Å². The van der Waals surface area contributed by atoms with Gasteiger partial charge in [-0.1, -0.05) is 48.2 Å². The largest absolute Gasteiger partial charge is 0.272 e. The molecule has 4 rings (SSSR count). The number of aryl methyl sites for hydroxylation is 1. The number of hydrogen-bond donors (Lipinski definition) is 0. The Morgan fingerprint density at radius 3 is 2.33 bits per heavy atom. The second kappa shape index (κ2) is 7.18. The van der Waals surface area contributed by atoms with Gasteiger partial charge in [0, 0.05) is 9.77 Å². The molecule has 5 heteroatoms. The maximum absolute atomic E-state index is 13.3. The number of amides is 2. The van der Waals surface area contributed by atoms with Crippen LogP contribution in [0.15, 0.2) is 75.8 Å².